The van der Waals surface area contributed by atoms with E-state index in [1.54, 1.807) is 0 Å². The SMILES string of the molecule is c1ccc(-c2nc(-n3c4ccccc4c4c5c6ccccc6n(-c6cccnc6)c5ccc43)oc2-c2ccccc2)cc1.c1ccc(-c2nc(-n3c4ccccc4c4cc5c6ccccc6n(-c6cccnc6)c5cc43)oc2-c2ccccc2)cc1.c1ccc(-c2nc(-n3c4ccccc4c4ccc5c6ccccc6n(-c6cccnc6)c5c43)oc2-c2ccccc2)cc1. The maximum Gasteiger partial charge on any atom is 0.307 e. The first-order chi connectivity index (χ1) is 64.1. The Bertz CT molecular complexity index is 8790. The minimum atomic E-state index is 0.527. The zero-order valence-electron chi connectivity index (χ0n) is 69.2. The van der Waals surface area contributed by atoms with E-state index in [0.717, 1.165) is 183 Å². The fourth-order valence-corrected chi connectivity index (χ4v) is 19.3. The second-order valence-electron chi connectivity index (χ2n) is 32.1. The number of para-hydroxylation sites is 6. The van der Waals surface area contributed by atoms with Crippen molar-refractivity contribution in [3.63, 3.8) is 0 Å². The van der Waals surface area contributed by atoms with Gasteiger partial charge in [-0.1, -0.05) is 303 Å². The lowest BCUT2D eigenvalue weighted by molar-refractivity contribution is 0.548. The summed E-state index contributed by atoms with van der Waals surface area (Å²) in [4.78, 5) is 28.9. The smallest absolute Gasteiger partial charge is 0.307 e. The number of aromatic nitrogens is 12. The summed E-state index contributed by atoms with van der Waals surface area (Å²) in [6.07, 6.45) is 11.2. The molecule has 0 spiro atoms. The van der Waals surface area contributed by atoms with Crippen molar-refractivity contribution in [1.82, 2.24) is 57.3 Å². The quantitative estimate of drug-likeness (QED) is 0.117. The van der Waals surface area contributed by atoms with Gasteiger partial charge in [0.2, 0.25) is 0 Å². The molecule has 0 atom stereocenters. The van der Waals surface area contributed by atoms with E-state index >= 15 is 0 Å². The van der Waals surface area contributed by atoms with Crippen LogP contribution in [0, 0.1) is 0 Å². The summed E-state index contributed by atoms with van der Waals surface area (Å²) in [5, 5.41) is 14.0. The minimum Gasteiger partial charge on any atom is -0.422 e. The number of nitrogens with zero attached hydrogens (tertiary/aromatic N) is 12. The minimum absolute atomic E-state index is 0.527. The number of pyridine rings is 3. The highest BCUT2D eigenvalue weighted by Crippen LogP contribution is 2.48. The van der Waals surface area contributed by atoms with E-state index < -0.39 is 0 Å². The molecule has 0 saturated heterocycles. The number of fused-ring (bicyclic) bond motifs is 20. The Morgan fingerprint density at radius 1 is 0.178 bits per heavy atom. The maximum absolute atomic E-state index is 6.81. The zero-order chi connectivity index (χ0) is 85.0. The monoisotopic (exact) mass is 1660 g/mol. The normalized spacial score (nSPS) is 11.7. The number of hydrogen-bond donors (Lipinski definition) is 0. The van der Waals surface area contributed by atoms with Gasteiger partial charge in [0.1, 0.15) is 17.1 Å². The second-order valence-corrected chi connectivity index (χ2v) is 32.1. The predicted octanol–water partition coefficient (Wildman–Crippen LogP) is 28.8. The van der Waals surface area contributed by atoms with Crippen molar-refractivity contribution >= 4 is 131 Å². The molecule has 15 nitrogen and oxygen atoms in total. The summed E-state index contributed by atoms with van der Waals surface area (Å²) in [7, 11) is 0. The van der Waals surface area contributed by atoms with Crippen LogP contribution in [0.1, 0.15) is 0 Å². The van der Waals surface area contributed by atoms with Gasteiger partial charge in [0.05, 0.1) is 102 Å². The van der Waals surface area contributed by atoms with Crippen LogP contribution >= 0.6 is 0 Å². The van der Waals surface area contributed by atoms with E-state index in [1.807, 2.05) is 165 Å². The molecule has 606 valence electrons. The Morgan fingerprint density at radius 3 is 0.837 bits per heavy atom. The van der Waals surface area contributed by atoms with Gasteiger partial charge in [0.15, 0.2) is 17.3 Å². The summed E-state index contributed by atoms with van der Waals surface area (Å²) in [5.74, 6) is 2.24. The largest absolute Gasteiger partial charge is 0.422 e. The van der Waals surface area contributed by atoms with Crippen molar-refractivity contribution < 1.29 is 13.3 Å². The van der Waals surface area contributed by atoms with Crippen LogP contribution in [-0.4, -0.2) is 57.3 Å². The average molecular weight is 1660 g/mol. The first-order valence-corrected chi connectivity index (χ1v) is 43.0. The molecule has 0 bridgehead atoms. The van der Waals surface area contributed by atoms with Gasteiger partial charge in [0, 0.05) is 117 Å². The Kier molecular flexibility index (Phi) is 17.5. The number of benzene rings is 15. The van der Waals surface area contributed by atoms with Crippen molar-refractivity contribution in [3.05, 3.63) is 438 Å². The van der Waals surface area contributed by atoms with Crippen molar-refractivity contribution in [2.45, 2.75) is 0 Å². The van der Waals surface area contributed by atoms with Crippen molar-refractivity contribution in [2.75, 3.05) is 0 Å². The van der Waals surface area contributed by atoms with Gasteiger partial charge in [-0.3, -0.25) is 28.7 Å². The molecular weight excluding hydrogens is 1590 g/mol. The molecule has 0 aliphatic rings. The molecule has 15 heteroatoms. The third kappa shape index (κ3) is 12.1. The van der Waals surface area contributed by atoms with Crippen LogP contribution in [-0.2, 0) is 0 Å². The Labute approximate surface area is 737 Å². The second kappa shape index (κ2) is 30.6. The first-order valence-electron chi connectivity index (χ1n) is 43.0. The van der Waals surface area contributed by atoms with Crippen LogP contribution in [0.2, 0.25) is 0 Å². The Balaban J connectivity index is 0.000000105. The van der Waals surface area contributed by atoms with Crippen molar-refractivity contribution in [1.29, 1.82) is 0 Å². The molecule has 0 radical (unpaired) electrons. The Morgan fingerprint density at radius 2 is 0.450 bits per heavy atom. The van der Waals surface area contributed by atoms with E-state index in [2.05, 4.69) is 315 Å². The third-order valence-electron chi connectivity index (χ3n) is 24.8. The van der Waals surface area contributed by atoms with Crippen LogP contribution in [0.3, 0.4) is 0 Å². The standard InChI is InChI=1S/3C38H24N4O/c1-3-12-25(13-4-1)34-37(26-14-5-2-6-15-26)43-38(40-34)42-33-20-10-8-18-29(33)31-22-21-30-28-17-7-9-19-32(28)41(35(30)36(31)42)27-16-11-23-39-24-27;1-3-12-25(13-4-1)36-37(26-14-5-2-6-15-26)43-38(40-36)42-31-20-10-8-18-29(31)35-33(42)22-21-32-34(35)28-17-7-9-19-30(28)41(32)27-16-11-23-39-24-27;1-3-12-25(13-4-1)36-37(26-14-5-2-6-15-26)43-38(40-36)42-33-20-10-8-18-29(33)31-22-30-28-17-7-9-19-32(28)41(34(30)23-35(31)42)27-16-11-21-39-24-27/h3*1-24H. The molecule has 0 aliphatic carbocycles. The van der Waals surface area contributed by atoms with Crippen molar-refractivity contribution in [2.24, 2.45) is 0 Å². The molecule has 0 aliphatic heterocycles. The molecule has 0 fully saturated rings. The lowest BCUT2D eigenvalue weighted by atomic mass is 10.1. The fourth-order valence-electron chi connectivity index (χ4n) is 19.3. The molecule has 0 saturated carbocycles. The lowest BCUT2D eigenvalue weighted by Crippen LogP contribution is -1.99. The van der Waals surface area contributed by atoms with Crippen LogP contribution in [0.25, 0.3) is 234 Å². The number of hydrogen-bond acceptors (Lipinski definition) is 9. The summed E-state index contributed by atoms with van der Waals surface area (Å²) in [5.41, 5.74) is 24.5. The zero-order valence-corrected chi connectivity index (χ0v) is 69.2. The molecule has 12 heterocycles. The van der Waals surface area contributed by atoms with Crippen molar-refractivity contribution in [3.8, 4) is 103 Å². The molecule has 12 aromatic heterocycles. The van der Waals surface area contributed by atoms with E-state index in [0.29, 0.717) is 18.0 Å². The van der Waals surface area contributed by atoms with E-state index in [9.17, 15) is 0 Å². The van der Waals surface area contributed by atoms with E-state index in [-0.39, 0.29) is 0 Å². The topological polar surface area (TPSA) is 146 Å². The molecule has 27 aromatic rings. The average Bonchev–Trinajstić information content (AvgIpc) is 1.55. The van der Waals surface area contributed by atoms with Crippen LogP contribution in [0.15, 0.2) is 451 Å². The molecule has 0 unspecified atom stereocenters. The fraction of sp³-hybridized carbons (Fsp3) is 0. The maximum atomic E-state index is 6.81. The molecular formula is C114H72N12O3. The third-order valence-corrected chi connectivity index (χ3v) is 24.8. The van der Waals surface area contributed by atoms with Gasteiger partial charge in [-0.2, -0.15) is 15.0 Å². The molecule has 129 heavy (non-hydrogen) atoms. The highest BCUT2D eigenvalue weighted by molar-refractivity contribution is 6.29. The summed E-state index contributed by atoms with van der Waals surface area (Å²) < 4.78 is 33.7. The summed E-state index contributed by atoms with van der Waals surface area (Å²) in [6.45, 7) is 0. The first kappa shape index (κ1) is 73.9. The highest BCUT2D eigenvalue weighted by Gasteiger charge is 2.30. The van der Waals surface area contributed by atoms with Gasteiger partial charge in [-0.15, -0.1) is 0 Å². The van der Waals surface area contributed by atoms with E-state index in [4.69, 9.17) is 28.2 Å². The van der Waals surface area contributed by atoms with Gasteiger partial charge >= 0.3 is 18.0 Å². The van der Waals surface area contributed by atoms with Gasteiger partial charge in [-0.05, 0) is 97.1 Å². The molecule has 0 N–H and O–H groups in total. The lowest BCUT2D eigenvalue weighted by Gasteiger charge is -2.10. The van der Waals surface area contributed by atoms with Crippen LogP contribution < -0.4 is 0 Å². The van der Waals surface area contributed by atoms with Crippen LogP contribution in [0.5, 0.6) is 0 Å². The van der Waals surface area contributed by atoms with Gasteiger partial charge in [0.25, 0.3) is 0 Å². The summed E-state index contributed by atoms with van der Waals surface area (Å²) in [6, 6.07) is 140. The summed E-state index contributed by atoms with van der Waals surface area (Å²) >= 11 is 0. The predicted molar refractivity (Wildman–Crippen MR) is 522 cm³/mol. The van der Waals surface area contributed by atoms with Gasteiger partial charge < -0.3 is 27.0 Å². The van der Waals surface area contributed by atoms with E-state index in [1.165, 1.54) is 32.3 Å². The number of oxazole rings is 3. The Hall–Kier alpha value is -17.8. The molecule has 15 aromatic carbocycles. The molecule has 0 amide bonds. The number of rotatable bonds is 12. The van der Waals surface area contributed by atoms with Crippen LogP contribution in [0.4, 0.5) is 0 Å². The van der Waals surface area contributed by atoms with Gasteiger partial charge in [-0.25, -0.2) is 0 Å². The highest BCUT2D eigenvalue weighted by atomic mass is 16.4. The molecule has 27 rings (SSSR count).